The van der Waals surface area contributed by atoms with Crippen LogP contribution in [0.1, 0.15) is 18.2 Å². The van der Waals surface area contributed by atoms with Crippen LogP contribution in [0, 0.1) is 0 Å². The summed E-state index contributed by atoms with van der Waals surface area (Å²) >= 11 is 0. The van der Waals surface area contributed by atoms with Gasteiger partial charge in [0, 0.05) is 6.08 Å². The lowest BCUT2D eigenvalue weighted by Gasteiger charge is -2.07. The summed E-state index contributed by atoms with van der Waals surface area (Å²) in [5.74, 6) is -0.652. The lowest BCUT2D eigenvalue weighted by molar-refractivity contribution is -0.141. The van der Waals surface area contributed by atoms with Crippen molar-refractivity contribution in [1.29, 1.82) is 0 Å². The molecule has 2 aromatic carbocycles. The zero-order valence-electron chi connectivity index (χ0n) is 14.4. The fourth-order valence-corrected chi connectivity index (χ4v) is 2.46. The molecule has 5 nitrogen and oxygen atoms in total. The molecule has 1 aromatic heterocycles. The van der Waals surface area contributed by atoms with E-state index in [1.54, 1.807) is 25.3 Å². The van der Waals surface area contributed by atoms with E-state index in [0.29, 0.717) is 18.1 Å². The Labute approximate surface area is 151 Å². The van der Waals surface area contributed by atoms with Crippen molar-refractivity contribution < 1.29 is 19.4 Å². The van der Waals surface area contributed by atoms with Gasteiger partial charge in [-0.25, -0.2) is 4.79 Å². The number of carbonyl (C=O) groups excluding carboxylic acids is 1. The van der Waals surface area contributed by atoms with E-state index >= 15 is 0 Å². The van der Waals surface area contributed by atoms with Crippen molar-refractivity contribution in [2.45, 2.75) is 13.5 Å². The van der Waals surface area contributed by atoms with Crippen molar-refractivity contribution in [1.82, 2.24) is 4.98 Å². The molecule has 26 heavy (non-hydrogen) atoms. The maximum absolute atomic E-state index is 11.4. The Bertz CT molecular complexity index is 932. The first kappa shape index (κ1) is 17.5. The summed E-state index contributed by atoms with van der Waals surface area (Å²) in [5, 5.41) is 12.0. The molecule has 0 aliphatic carbocycles. The highest BCUT2D eigenvalue weighted by molar-refractivity contribution is 5.90. The second-order valence-corrected chi connectivity index (χ2v) is 5.64. The maximum atomic E-state index is 11.4. The number of nitrogens with zero attached hydrogens (tertiary/aromatic N) is 1. The molecule has 3 rings (SSSR count). The minimum atomic E-state index is -0.772. The SMILES string of the molecule is CCOC(=O)/C(O)=C/c1ccc(OCc2ccc3ccccc3c2)cn1. The number of benzene rings is 2. The van der Waals surface area contributed by atoms with Gasteiger partial charge >= 0.3 is 5.97 Å². The summed E-state index contributed by atoms with van der Waals surface area (Å²) < 4.78 is 10.5. The Morgan fingerprint density at radius 1 is 1.12 bits per heavy atom. The molecule has 0 bridgehead atoms. The average Bonchev–Trinajstić information content (AvgIpc) is 2.67. The van der Waals surface area contributed by atoms with Gasteiger partial charge in [-0.15, -0.1) is 0 Å². The molecule has 1 heterocycles. The van der Waals surface area contributed by atoms with E-state index in [2.05, 4.69) is 29.2 Å². The Morgan fingerprint density at radius 2 is 1.92 bits per heavy atom. The molecule has 0 aliphatic rings. The summed E-state index contributed by atoms with van der Waals surface area (Å²) in [6, 6.07) is 17.7. The Kier molecular flexibility index (Phi) is 5.49. The van der Waals surface area contributed by atoms with Crippen molar-refractivity contribution in [3.8, 4) is 5.75 Å². The van der Waals surface area contributed by atoms with Gasteiger partial charge in [0.05, 0.1) is 18.5 Å². The van der Waals surface area contributed by atoms with Crippen molar-refractivity contribution in [3.05, 3.63) is 77.8 Å². The zero-order valence-corrected chi connectivity index (χ0v) is 14.4. The first-order valence-electron chi connectivity index (χ1n) is 8.30. The number of carbonyl (C=O) groups is 1. The van der Waals surface area contributed by atoms with Gasteiger partial charge in [0.1, 0.15) is 12.4 Å². The van der Waals surface area contributed by atoms with Gasteiger partial charge < -0.3 is 14.6 Å². The normalized spacial score (nSPS) is 11.3. The van der Waals surface area contributed by atoms with Crippen LogP contribution in [0.4, 0.5) is 0 Å². The molecule has 0 fully saturated rings. The largest absolute Gasteiger partial charge is 0.502 e. The van der Waals surface area contributed by atoms with Gasteiger partial charge in [0.25, 0.3) is 0 Å². The van der Waals surface area contributed by atoms with Crippen LogP contribution in [0.15, 0.2) is 66.6 Å². The highest BCUT2D eigenvalue weighted by Crippen LogP contribution is 2.18. The first-order valence-corrected chi connectivity index (χ1v) is 8.30. The van der Waals surface area contributed by atoms with E-state index in [1.165, 1.54) is 16.8 Å². The second kappa shape index (κ2) is 8.16. The number of aliphatic hydroxyl groups excluding tert-OH is 1. The number of hydrogen-bond acceptors (Lipinski definition) is 5. The average molecular weight is 349 g/mol. The molecule has 1 N–H and O–H groups in total. The maximum Gasteiger partial charge on any atom is 0.373 e. The first-order chi connectivity index (χ1) is 12.7. The van der Waals surface area contributed by atoms with Gasteiger partial charge in [-0.05, 0) is 41.5 Å². The monoisotopic (exact) mass is 349 g/mol. The number of pyridine rings is 1. The number of aromatic nitrogens is 1. The van der Waals surface area contributed by atoms with Crippen LogP contribution < -0.4 is 4.74 Å². The van der Waals surface area contributed by atoms with Crippen LogP contribution in [0.5, 0.6) is 5.75 Å². The van der Waals surface area contributed by atoms with E-state index < -0.39 is 11.7 Å². The van der Waals surface area contributed by atoms with Crippen LogP contribution >= 0.6 is 0 Å². The van der Waals surface area contributed by atoms with E-state index in [9.17, 15) is 9.90 Å². The number of esters is 1. The van der Waals surface area contributed by atoms with Gasteiger partial charge in [-0.1, -0.05) is 36.4 Å². The standard InChI is InChI=1S/C21H19NO4/c1-2-25-21(24)20(23)12-18-9-10-19(13-22-18)26-14-15-7-8-16-5-3-4-6-17(16)11-15/h3-13,23H,2,14H2,1H3/b20-12-. The van der Waals surface area contributed by atoms with E-state index in [-0.39, 0.29) is 6.61 Å². The third-order valence-corrected chi connectivity index (χ3v) is 3.75. The molecule has 0 unspecified atom stereocenters. The lowest BCUT2D eigenvalue weighted by Crippen LogP contribution is -2.06. The van der Waals surface area contributed by atoms with Crippen molar-refractivity contribution in [2.75, 3.05) is 6.61 Å². The predicted molar refractivity (Wildman–Crippen MR) is 99.8 cm³/mol. The highest BCUT2D eigenvalue weighted by Gasteiger charge is 2.08. The molecule has 0 amide bonds. The molecule has 0 aliphatic heterocycles. The van der Waals surface area contributed by atoms with E-state index in [1.807, 2.05) is 18.2 Å². The van der Waals surface area contributed by atoms with Gasteiger partial charge in [-0.3, -0.25) is 4.98 Å². The molecule has 132 valence electrons. The summed E-state index contributed by atoms with van der Waals surface area (Å²) in [6.45, 7) is 2.30. The van der Waals surface area contributed by atoms with Gasteiger partial charge in [-0.2, -0.15) is 0 Å². The smallest absolute Gasteiger partial charge is 0.373 e. The second-order valence-electron chi connectivity index (χ2n) is 5.64. The van der Waals surface area contributed by atoms with Crippen LogP contribution in [0.3, 0.4) is 0 Å². The number of ether oxygens (including phenoxy) is 2. The molecule has 0 saturated heterocycles. The minimum Gasteiger partial charge on any atom is -0.502 e. The Morgan fingerprint density at radius 3 is 2.65 bits per heavy atom. The predicted octanol–water partition coefficient (Wildman–Crippen LogP) is 4.28. The summed E-state index contributed by atoms with van der Waals surface area (Å²) in [7, 11) is 0. The molecule has 0 radical (unpaired) electrons. The summed E-state index contributed by atoms with van der Waals surface area (Å²) in [6.07, 6.45) is 2.80. The molecule has 0 spiro atoms. The molecular weight excluding hydrogens is 330 g/mol. The molecule has 0 atom stereocenters. The molecule has 5 heteroatoms. The third-order valence-electron chi connectivity index (χ3n) is 3.75. The van der Waals surface area contributed by atoms with Crippen LogP contribution in [0.2, 0.25) is 0 Å². The van der Waals surface area contributed by atoms with Gasteiger partial charge in [0.2, 0.25) is 5.76 Å². The number of hydrogen-bond donors (Lipinski definition) is 1. The molecule has 0 saturated carbocycles. The number of fused-ring (bicyclic) bond motifs is 1. The van der Waals surface area contributed by atoms with Crippen LogP contribution in [-0.4, -0.2) is 22.7 Å². The topological polar surface area (TPSA) is 68.7 Å². The Balaban J connectivity index is 1.63. The van der Waals surface area contributed by atoms with E-state index in [4.69, 9.17) is 9.47 Å². The molecular formula is C21H19NO4. The van der Waals surface area contributed by atoms with Crippen molar-refractivity contribution in [2.24, 2.45) is 0 Å². The third kappa shape index (κ3) is 4.39. The lowest BCUT2D eigenvalue weighted by atomic mass is 10.1. The number of rotatable bonds is 6. The zero-order chi connectivity index (χ0) is 18.4. The Hall–Kier alpha value is -3.34. The van der Waals surface area contributed by atoms with Crippen LogP contribution in [0.25, 0.3) is 16.8 Å². The molecule has 3 aromatic rings. The van der Waals surface area contributed by atoms with E-state index in [0.717, 1.165) is 5.56 Å². The fraction of sp³-hybridized carbons (Fsp3) is 0.143. The van der Waals surface area contributed by atoms with Crippen LogP contribution in [-0.2, 0) is 16.1 Å². The summed E-state index contributed by atoms with van der Waals surface area (Å²) in [4.78, 5) is 15.5. The number of aliphatic hydroxyl groups is 1. The highest BCUT2D eigenvalue weighted by atomic mass is 16.5. The fourth-order valence-electron chi connectivity index (χ4n) is 2.46. The quantitative estimate of drug-likeness (QED) is 0.409. The minimum absolute atomic E-state index is 0.200. The van der Waals surface area contributed by atoms with Crippen molar-refractivity contribution >= 4 is 22.8 Å². The van der Waals surface area contributed by atoms with Crippen molar-refractivity contribution in [3.63, 3.8) is 0 Å². The summed E-state index contributed by atoms with van der Waals surface area (Å²) in [5.41, 5.74) is 1.50. The van der Waals surface area contributed by atoms with Gasteiger partial charge in [0.15, 0.2) is 0 Å².